The van der Waals surface area contributed by atoms with Crippen LogP contribution in [0.5, 0.6) is 0 Å². The molecule has 0 atom stereocenters. The molecule has 0 bridgehead atoms. The van der Waals surface area contributed by atoms with Gasteiger partial charge < -0.3 is 5.11 Å². The van der Waals surface area contributed by atoms with Gasteiger partial charge in [-0.15, -0.1) is 6.58 Å². The third kappa shape index (κ3) is 20.1. The summed E-state index contributed by atoms with van der Waals surface area (Å²) < 4.78 is 0. The Balaban J connectivity index is 0. The van der Waals surface area contributed by atoms with Crippen LogP contribution in [-0.4, -0.2) is 18.6 Å². The fraction of sp³-hybridized carbons (Fsp3) is 0.250. The Hall–Kier alpha value is -1.02. The maximum atomic E-state index is 9.53. The molecule has 8 heavy (non-hydrogen) atoms. The van der Waals surface area contributed by atoms with E-state index in [0.29, 0.717) is 0 Å². The van der Waals surface area contributed by atoms with Crippen molar-refractivity contribution in [3.8, 4) is 0 Å². The molecule has 4 heteroatoms. The first-order valence-corrected chi connectivity index (χ1v) is 1.86. The van der Waals surface area contributed by atoms with Crippen LogP contribution in [0.3, 0.4) is 0 Å². The topological polar surface area (TPSA) is 61.1 Å². The quantitative estimate of drug-likeness (QED) is 0.411. The van der Waals surface area contributed by atoms with Crippen molar-refractivity contribution in [3.63, 3.8) is 0 Å². The van der Waals surface area contributed by atoms with Crippen molar-refractivity contribution in [2.75, 3.05) is 0 Å². The number of hydrogen-bond acceptors (Lipinski definition) is 2. The van der Waals surface area contributed by atoms with Crippen molar-refractivity contribution in [3.05, 3.63) is 12.7 Å². The summed E-state index contributed by atoms with van der Waals surface area (Å²) in [5, 5.41) is 14.3. The van der Waals surface area contributed by atoms with Gasteiger partial charge in [0.25, 0.3) is 0 Å². The summed E-state index contributed by atoms with van der Waals surface area (Å²) in [6.07, 6.45) is 1.41. The summed E-state index contributed by atoms with van der Waals surface area (Å²) in [5.41, 5.74) is 0. The van der Waals surface area contributed by atoms with Crippen LogP contribution < -0.4 is 0 Å². The van der Waals surface area contributed by atoms with Crippen molar-refractivity contribution < 1.29 is 9.90 Å². The normalized spacial score (nSPS) is 6.12. The molecular weight excluding hydrogens is 105 g/mol. The molecule has 3 nitrogen and oxygen atoms in total. The van der Waals surface area contributed by atoms with E-state index in [1.807, 2.05) is 0 Å². The number of hydrogen-bond donors (Lipinski definition) is 1. The Labute approximate surface area is 48.6 Å². The Kier molecular flexibility index (Phi) is 11.8. The van der Waals surface area contributed by atoms with Gasteiger partial charge in [-0.2, -0.15) is 0 Å². The van der Waals surface area contributed by atoms with Gasteiger partial charge in [0.2, 0.25) is 0 Å². The van der Waals surface area contributed by atoms with Crippen LogP contribution in [0.4, 0.5) is 0 Å². The first kappa shape index (κ1) is 10.1. The minimum atomic E-state index is -0.829. The van der Waals surface area contributed by atoms with E-state index in [0.717, 1.165) is 0 Å². The minimum absolute atomic E-state index is 0.0556. The summed E-state index contributed by atoms with van der Waals surface area (Å²) in [4.78, 5) is 9.53. The number of rotatable bonds is 2. The number of nitrogens with zero attached hydrogens (tertiary/aromatic N) is 1. The second kappa shape index (κ2) is 9.37. The average Bonchev–Trinajstić information content (AvgIpc) is 1.72. The van der Waals surface area contributed by atoms with Crippen LogP contribution >= 0.6 is 0 Å². The molecule has 0 aliphatic carbocycles. The third-order valence-corrected chi connectivity index (χ3v) is 0.319. The van der Waals surface area contributed by atoms with E-state index in [1.165, 1.54) is 6.08 Å². The second-order valence-electron chi connectivity index (χ2n) is 0.887. The number of carbonyl (C=O) groups is 1. The Bertz CT molecular complexity index is 99.5. The molecule has 0 saturated carbocycles. The Morgan fingerprint density at radius 3 is 2.25 bits per heavy atom. The summed E-state index contributed by atoms with van der Waals surface area (Å²) in [7, 11) is 3.50. The largest absolute Gasteiger partial charge is 0.481 e. The van der Waals surface area contributed by atoms with Gasteiger partial charge in [-0.3, -0.25) is 4.79 Å². The van der Waals surface area contributed by atoms with Crippen molar-refractivity contribution >= 4 is 13.5 Å². The predicted octanol–water partition coefficient (Wildman–Crippen LogP) is 0.281. The van der Waals surface area contributed by atoms with Crippen molar-refractivity contribution in [2.24, 2.45) is 0 Å². The number of carboxylic acids is 1. The van der Waals surface area contributed by atoms with Gasteiger partial charge in [0.05, 0.1) is 6.42 Å². The van der Waals surface area contributed by atoms with E-state index in [1.54, 1.807) is 0 Å². The van der Waals surface area contributed by atoms with Crippen molar-refractivity contribution in [1.82, 2.24) is 0 Å². The fourth-order valence-corrected chi connectivity index (χ4v) is 0.123. The van der Waals surface area contributed by atoms with Crippen LogP contribution in [0, 0.1) is 5.16 Å². The summed E-state index contributed by atoms with van der Waals surface area (Å²) in [6.45, 7) is 3.22. The second-order valence-corrected chi connectivity index (χ2v) is 0.887. The first-order chi connectivity index (χ1) is 3.77. The molecule has 0 spiro atoms. The van der Waals surface area contributed by atoms with E-state index in [-0.39, 0.29) is 6.42 Å². The maximum absolute atomic E-state index is 9.53. The average molecular weight is 111 g/mol. The van der Waals surface area contributed by atoms with Gasteiger partial charge in [0, 0.05) is 0 Å². The number of aliphatic carboxylic acids is 1. The van der Waals surface area contributed by atoms with Crippen LogP contribution in [-0.2, 0) is 4.79 Å². The van der Waals surface area contributed by atoms with Gasteiger partial charge in [0.1, 0.15) is 0 Å². The van der Waals surface area contributed by atoms with E-state index >= 15 is 0 Å². The molecule has 0 radical (unpaired) electrons. The summed E-state index contributed by atoms with van der Waals surface area (Å²) in [6, 6.07) is 0. The standard InChI is InChI=1S/C4H6O2.BN/c1-2-3-4(5)6;1-2/h2H,1,3H2,(H,5,6);. The van der Waals surface area contributed by atoms with Gasteiger partial charge in [0.15, 0.2) is 0 Å². The SMILES string of the molecule is B#N.C=CCC(=O)O. The molecule has 0 aromatic heterocycles. The zero-order valence-corrected chi connectivity index (χ0v) is 4.37. The molecule has 0 aromatic carbocycles. The molecule has 0 aromatic rings. The first-order valence-electron chi connectivity index (χ1n) is 1.86. The zero-order valence-electron chi connectivity index (χ0n) is 4.37. The van der Waals surface area contributed by atoms with Crippen molar-refractivity contribution in [1.29, 1.82) is 5.16 Å². The molecule has 0 aliphatic heterocycles. The van der Waals surface area contributed by atoms with Gasteiger partial charge in [-0.25, -0.2) is 0 Å². The van der Waals surface area contributed by atoms with Gasteiger partial charge in [-0.1, -0.05) is 6.08 Å². The summed E-state index contributed by atoms with van der Waals surface area (Å²) in [5.74, 6) is -0.829. The van der Waals surface area contributed by atoms with Crippen LogP contribution in [0.1, 0.15) is 6.42 Å². The molecule has 0 saturated heterocycles. The summed E-state index contributed by atoms with van der Waals surface area (Å²) >= 11 is 0. The molecule has 42 valence electrons. The van der Waals surface area contributed by atoms with Crippen LogP contribution in [0.15, 0.2) is 12.7 Å². The van der Waals surface area contributed by atoms with Gasteiger partial charge in [-0.05, 0) is 0 Å². The molecule has 0 heterocycles. The maximum Gasteiger partial charge on any atom is 0.307 e. The predicted molar refractivity (Wildman–Crippen MR) is 29.9 cm³/mol. The molecule has 0 aliphatic rings. The monoisotopic (exact) mass is 111 g/mol. The molecule has 0 rings (SSSR count). The molecule has 0 fully saturated rings. The van der Waals surface area contributed by atoms with Crippen LogP contribution in [0.25, 0.3) is 0 Å². The molecular formula is C4H6BNO2. The molecule has 0 amide bonds. The van der Waals surface area contributed by atoms with Gasteiger partial charge >= 0.3 is 18.6 Å². The smallest absolute Gasteiger partial charge is 0.307 e. The zero-order chi connectivity index (χ0) is 6.99. The van der Waals surface area contributed by atoms with Crippen LogP contribution in [0.2, 0.25) is 0 Å². The molecule has 0 unspecified atom stereocenters. The Morgan fingerprint density at radius 2 is 2.25 bits per heavy atom. The van der Waals surface area contributed by atoms with Crippen molar-refractivity contribution in [2.45, 2.75) is 6.42 Å². The van der Waals surface area contributed by atoms with E-state index in [2.05, 4.69) is 14.1 Å². The Morgan fingerprint density at radius 1 is 1.88 bits per heavy atom. The molecule has 1 N–H and O–H groups in total. The number of carboxylic acid groups (broad SMARTS) is 1. The fourth-order valence-electron chi connectivity index (χ4n) is 0.123. The minimum Gasteiger partial charge on any atom is -0.481 e. The van der Waals surface area contributed by atoms with E-state index in [9.17, 15) is 4.79 Å². The van der Waals surface area contributed by atoms with E-state index < -0.39 is 5.97 Å². The third-order valence-electron chi connectivity index (χ3n) is 0.319. The van der Waals surface area contributed by atoms with E-state index in [4.69, 9.17) is 10.3 Å².